The van der Waals surface area contributed by atoms with Crippen LogP contribution >= 0.6 is 0 Å². The van der Waals surface area contributed by atoms with E-state index in [-0.39, 0.29) is 5.76 Å². The molecule has 1 aromatic heterocycles. The van der Waals surface area contributed by atoms with Crippen molar-refractivity contribution in [2.75, 3.05) is 0 Å². The summed E-state index contributed by atoms with van der Waals surface area (Å²) in [5, 5.41) is 8.93. The van der Waals surface area contributed by atoms with Crippen molar-refractivity contribution in [1.29, 1.82) is 0 Å². The van der Waals surface area contributed by atoms with E-state index in [1.165, 1.54) is 0 Å². The maximum atomic E-state index is 13.1. The van der Waals surface area contributed by atoms with Crippen molar-refractivity contribution in [1.82, 2.24) is 0 Å². The normalized spacial score (nSPS) is 9.94. The highest BCUT2D eigenvalue weighted by molar-refractivity contribution is 5.70. The molecule has 0 aliphatic rings. The lowest BCUT2D eigenvalue weighted by atomic mass is 10.4. The Morgan fingerprint density at radius 1 is 1.38 bits per heavy atom. The minimum Gasteiger partial charge on any atom is -0.478 e. The predicted molar refractivity (Wildman–Crippen MR) is 47.1 cm³/mol. The zero-order valence-corrected chi connectivity index (χ0v) is 8.57. The Labute approximate surface area is 89.6 Å². The fraction of sp³-hybridized carbons (Fsp3) is 0.333. The van der Waals surface area contributed by atoms with Crippen LogP contribution in [0.3, 0.4) is 0 Å². The monoisotopic (exact) mass is 232 g/mol. The molecule has 0 fully saturated rings. The lowest BCUT2D eigenvalue weighted by Gasteiger charge is -2.01. The summed E-state index contributed by atoms with van der Waals surface area (Å²) in [6, 6.07) is 0. The van der Waals surface area contributed by atoms with E-state index < -0.39 is 36.1 Å². The molecule has 0 radical (unpaired) electrons. The van der Waals surface area contributed by atoms with Gasteiger partial charge in [0.05, 0.1) is 0 Å². The van der Waals surface area contributed by atoms with E-state index in [4.69, 9.17) is 5.11 Å². The standard InChI is InChI=1S/C9H9FO6/c1-4(11)14-3-6-8(15-5(2)12)7(10)9(13)16-6/h13H,3H2,1-2H3. The van der Waals surface area contributed by atoms with E-state index in [0.717, 1.165) is 13.8 Å². The van der Waals surface area contributed by atoms with Gasteiger partial charge >= 0.3 is 17.9 Å². The van der Waals surface area contributed by atoms with Crippen LogP contribution in [0.1, 0.15) is 19.6 Å². The summed E-state index contributed by atoms with van der Waals surface area (Å²) in [5.41, 5.74) is 0. The molecule has 1 rings (SSSR count). The van der Waals surface area contributed by atoms with E-state index in [9.17, 15) is 14.0 Å². The smallest absolute Gasteiger partial charge is 0.323 e. The van der Waals surface area contributed by atoms with Crippen LogP contribution in [0, 0.1) is 5.82 Å². The van der Waals surface area contributed by atoms with Crippen molar-refractivity contribution < 1.29 is 33.0 Å². The maximum absolute atomic E-state index is 13.1. The molecule has 6 nitrogen and oxygen atoms in total. The number of rotatable bonds is 3. The molecule has 0 spiro atoms. The summed E-state index contributed by atoms with van der Waals surface area (Å²) in [7, 11) is 0. The molecule has 1 heterocycles. The molecule has 0 unspecified atom stereocenters. The third kappa shape index (κ3) is 2.72. The number of hydrogen-bond donors (Lipinski definition) is 1. The first-order valence-corrected chi connectivity index (χ1v) is 4.23. The Kier molecular flexibility index (Phi) is 3.49. The maximum Gasteiger partial charge on any atom is 0.323 e. The first-order chi connectivity index (χ1) is 7.41. The van der Waals surface area contributed by atoms with E-state index in [1.807, 2.05) is 0 Å². The van der Waals surface area contributed by atoms with Crippen LogP contribution in [0.25, 0.3) is 0 Å². The Morgan fingerprint density at radius 2 is 2.00 bits per heavy atom. The quantitative estimate of drug-likeness (QED) is 0.785. The van der Waals surface area contributed by atoms with Crippen LogP contribution in [0.4, 0.5) is 4.39 Å². The van der Waals surface area contributed by atoms with Crippen LogP contribution in [0.5, 0.6) is 11.7 Å². The number of furan rings is 1. The summed E-state index contributed by atoms with van der Waals surface area (Å²) in [6.07, 6.45) is 0. The van der Waals surface area contributed by atoms with Gasteiger partial charge in [0.25, 0.3) is 0 Å². The Balaban J connectivity index is 2.93. The first-order valence-electron chi connectivity index (χ1n) is 4.23. The first kappa shape index (κ1) is 12.0. The van der Waals surface area contributed by atoms with Crippen LogP contribution < -0.4 is 4.74 Å². The molecule has 1 N–H and O–H groups in total. The second kappa shape index (κ2) is 4.65. The topological polar surface area (TPSA) is 86.0 Å². The summed E-state index contributed by atoms with van der Waals surface area (Å²) < 4.78 is 26.7. The Morgan fingerprint density at radius 3 is 2.50 bits per heavy atom. The summed E-state index contributed by atoms with van der Waals surface area (Å²) in [5.74, 6) is -4.50. The van der Waals surface area contributed by atoms with Gasteiger partial charge in [0, 0.05) is 13.8 Å². The molecule has 0 bridgehead atoms. The number of carbonyl (C=O) groups excluding carboxylic acids is 2. The third-order valence-corrected chi connectivity index (χ3v) is 1.51. The number of halogens is 1. The van der Waals surface area contributed by atoms with Gasteiger partial charge in [-0.3, -0.25) is 9.59 Å². The highest BCUT2D eigenvalue weighted by Crippen LogP contribution is 2.33. The van der Waals surface area contributed by atoms with Crippen molar-refractivity contribution in [3.63, 3.8) is 0 Å². The second-order valence-electron chi connectivity index (χ2n) is 2.85. The minimum atomic E-state index is -1.21. The highest BCUT2D eigenvalue weighted by atomic mass is 19.1. The molecule has 16 heavy (non-hydrogen) atoms. The Bertz CT molecular complexity index is 422. The zero-order valence-electron chi connectivity index (χ0n) is 8.57. The number of ether oxygens (including phenoxy) is 2. The highest BCUT2D eigenvalue weighted by Gasteiger charge is 2.24. The summed E-state index contributed by atoms with van der Waals surface area (Å²) >= 11 is 0. The van der Waals surface area contributed by atoms with Crippen molar-refractivity contribution in [3.05, 3.63) is 11.6 Å². The molecule has 0 aliphatic carbocycles. The average molecular weight is 232 g/mol. The fourth-order valence-corrected chi connectivity index (χ4v) is 0.935. The van der Waals surface area contributed by atoms with Crippen molar-refractivity contribution >= 4 is 11.9 Å². The molecule has 0 saturated heterocycles. The number of hydrogen-bond acceptors (Lipinski definition) is 6. The van der Waals surface area contributed by atoms with Gasteiger partial charge in [-0.15, -0.1) is 0 Å². The third-order valence-electron chi connectivity index (χ3n) is 1.51. The van der Waals surface area contributed by atoms with Crippen LogP contribution in [0.2, 0.25) is 0 Å². The molecule has 0 aliphatic heterocycles. The number of esters is 2. The van der Waals surface area contributed by atoms with Crippen molar-refractivity contribution in [2.24, 2.45) is 0 Å². The predicted octanol–water partition coefficient (Wildman–Crippen LogP) is 1.11. The van der Waals surface area contributed by atoms with Gasteiger partial charge in [-0.2, -0.15) is 4.39 Å². The van der Waals surface area contributed by atoms with Gasteiger partial charge in [0.1, 0.15) is 0 Å². The van der Waals surface area contributed by atoms with E-state index in [0.29, 0.717) is 0 Å². The molecular formula is C9H9FO6. The molecule has 0 atom stereocenters. The van der Waals surface area contributed by atoms with E-state index >= 15 is 0 Å². The largest absolute Gasteiger partial charge is 0.478 e. The van der Waals surface area contributed by atoms with Crippen LogP contribution in [-0.2, 0) is 20.9 Å². The SMILES string of the molecule is CC(=O)OCc1oc(O)c(F)c1OC(C)=O. The lowest BCUT2D eigenvalue weighted by Crippen LogP contribution is -2.05. The lowest BCUT2D eigenvalue weighted by molar-refractivity contribution is -0.142. The van der Waals surface area contributed by atoms with Gasteiger partial charge in [-0.1, -0.05) is 0 Å². The molecule has 0 saturated carbocycles. The molecule has 88 valence electrons. The molecule has 0 amide bonds. The molecule has 7 heteroatoms. The van der Waals surface area contributed by atoms with Gasteiger partial charge in [0.2, 0.25) is 11.6 Å². The van der Waals surface area contributed by atoms with Gasteiger partial charge in [0.15, 0.2) is 12.4 Å². The zero-order chi connectivity index (χ0) is 12.3. The minimum absolute atomic E-state index is 0.277. The van der Waals surface area contributed by atoms with Gasteiger partial charge in [-0.05, 0) is 0 Å². The Hall–Kier alpha value is -2.05. The van der Waals surface area contributed by atoms with Gasteiger partial charge in [-0.25, -0.2) is 0 Å². The number of aromatic hydroxyl groups is 1. The van der Waals surface area contributed by atoms with Crippen molar-refractivity contribution in [2.45, 2.75) is 20.5 Å². The van der Waals surface area contributed by atoms with Crippen molar-refractivity contribution in [3.8, 4) is 11.7 Å². The van der Waals surface area contributed by atoms with Crippen LogP contribution in [0.15, 0.2) is 4.42 Å². The molecule has 1 aromatic rings. The average Bonchev–Trinajstić information content (AvgIpc) is 2.42. The van der Waals surface area contributed by atoms with E-state index in [2.05, 4.69) is 13.9 Å². The summed E-state index contributed by atoms with van der Waals surface area (Å²) in [6.45, 7) is 1.76. The fourth-order valence-electron chi connectivity index (χ4n) is 0.935. The molecular weight excluding hydrogens is 223 g/mol. The van der Waals surface area contributed by atoms with Gasteiger partial charge < -0.3 is 19.0 Å². The van der Waals surface area contributed by atoms with Crippen LogP contribution in [-0.4, -0.2) is 17.0 Å². The molecule has 0 aromatic carbocycles. The van der Waals surface area contributed by atoms with E-state index in [1.54, 1.807) is 0 Å². The number of carbonyl (C=O) groups is 2. The second-order valence-corrected chi connectivity index (χ2v) is 2.85. The summed E-state index contributed by atoms with van der Waals surface area (Å²) in [4.78, 5) is 21.2.